The van der Waals surface area contributed by atoms with E-state index in [2.05, 4.69) is 30.1 Å². The maximum absolute atomic E-state index is 15.3. The number of nitrogens with zero attached hydrogens (tertiary/aromatic N) is 2. The van der Waals surface area contributed by atoms with Gasteiger partial charge in [-0.1, -0.05) is 35.3 Å². The summed E-state index contributed by atoms with van der Waals surface area (Å²) in [6.07, 6.45) is 3.36. The third-order valence-corrected chi connectivity index (χ3v) is 7.08. The smallest absolute Gasteiger partial charge is 0.270 e. The van der Waals surface area contributed by atoms with Gasteiger partial charge in [0.1, 0.15) is 11.4 Å². The lowest BCUT2D eigenvalue weighted by Gasteiger charge is -2.43. The Hall–Kier alpha value is -2.74. The monoisotopic (exact) mass is 517 g/mol. The van der Waals surface area contributed by atoms with Crippen molar-refractivity contribution in [1.82, 2.24) is 5.32 Å². The molecule has 1 N–H and O–H groups in total. The second kappa shape index (κ2) is 8.80. The van der Waals surface area contributed by atoms with Gasteiger partial charge in [-0.15, -0.1) is 0 Å². The van der Waals surface area contributed by atoms with E-state index in [0.29, 0.717) is 6.54 Å². The van der Waals surface area contributed by atoms with E-state index in [1.54, 1.807) is 24.3 Å². The highest BCUT2D eigenvalue weighted by Gasteiger charge is 2.36. The highest BCUT2D eigenvalue weighted by molar-refractivity contribution is 7.80. The predicted molar refractivity (Wildman–Crippen MR) is 140 cm³/mol. The van der Waals surface area contributed by atoms with Crippen molar-refractivity contribution in [3.8, 4) is 0 Å². The molecule has 0 saturated carbocycles. The molecule has 2 aliphatic heterocycles. The Morgan fingerprint density at radius 1 is 1.18 bits per heavy atom. The van der Waals surface area contributed by atoms with Gasteiger partial charge in [-0.3, -0.25) is 19.8 Å². The molecule has 2 amide bonds. The topological polar surface area (TPSA) is 52.7 Å². The summed E-state index contributed by atoms with van der Waals surface area (Å²) in [5.74, 6) is -1.99. The van der Waals surface area contributed by atoms with Crippen molar-refractivity contribution in [1.29, 1.82) is 0 Å². The number of allylic oxidation sites excluding steroid dienone is 1. The number of anilines is 2. The molecule has 0 spiro atoms. The van der Waals surface area contributed by atoms with Gasteiger partial charge >= 0.3 is 0 Å². The van der Waals surface area contributed by atoms with Crippen molar-refractivity contribution in [2.75, 3.05) is 16.3 Å². The molecule has 0 atom stereocenters. The molecule has 2 heterocycles. The number of thiocarbonyl (C=S) groups is 1. The molecule has 176 valence electrons. The zero-order valence-electron chi connectivity index (χ0n) is 19.0. The van der Waals surface area contributed by atoms with E-state index in [1.807, 2.05) is 13.8 Å². The van der Waals surface area contributed by atoms with Gasteiger partial charge in [0.25, 0.3) is 11.8 Å². The average Bonchev–Trinajstić information content (AvgIpc) is 2.74. The van der Waals surface area contributed by atoms with Gasteiger partial charge in [0.2, 0.25) is 0 Å². The van der Waals surface area contributed by atoms with Gasteiger partial charge in [-0.25, -0.2) is 4.39 Å². The van der Waals surface area contributed by atoms with Crippen molar-refractivity contribution in [2.45, 2.75) is 33.2 Å². The number of hydrogen-bond donors (Lipinski definition) is 1. The van der Waals surface area contributed by atoms with E-state index < -0.39 is 17.6 Å². The number of carbonyl (C=O) groups excluding carboxylic acids is 2. The number of likely N-dealkylation sites (N-methyl/N-ethyl adjacent to an activating group) is 1. The van der Waals surface area contributed by atoms with Crippen LogP contribution < -0.4 is 15.1 Å². The molecule has 9 heteroatoms. The molecule has 0 unspecified atom stereocenters. The largest absolute Gasteiger partial charge is 0.363 e. The number of fused-ring (bicyclic) bond motifs is 1. The van der Waals surface area contributed by atoms with Crippen LogP contribution in [0.15, 0.2) is 42.0 Å². The summed E-state index contributed by atoms with van der Waals surface area (Å²) >= 11 is 17.6. The summed E-state index contributed by atoms with van der Waals surface area (Å²) < 4.78 is 15.3. The summed E-state index contributed by atoms with van der Waals surface area (Å²) in [7, 11) is 0. The average molecular weight is 518 g/mol. The molecule has 0 bridgehead atoms. The van der Waals surface area contributed by atoms with Gasteiger partial charge in [0.05, 0.1) is 21.3 Å². The van der Waals surface area contributed by atoms with Crippen molar-refractivity contribution in [3.05, 3.63) is 69.0 Å². The number of amides is 2. The van der Waals surface area contributed by atoms with Gasteiger partial charge in [-0.2, -0.15) is 0 Å². The molecule has 34 heavy (non-hydrogen) atoms. The SMILES string of the molecule is CCN1c2cc(F)c(/C=C3/C(=O)NC(=S)N(c4cccc(Cl)c4Cl)C3=O)cc2C(C)=CC1(C)C. The highest BCUT2D eigenvalue weighted by atomic mass is 35.5. The number of hydrogen-bond acceptors (Lipinski definition) is 4. The van der Waals surface area contributed by atoms with Crippen molar-refractivity contribution in [3.63, 3.8) is 0 Å². The Morgan fingerprint density at radius 2 is 1.88 bits per heavy atom. The van der Waals surface area contributed by atoms with Crippen LogP contribution in [0.25, 0.3) is 11.6 Å². The summed E-state index contributed by atoms with van der Waals surface area (Å²) in [4.78, 5) is 29.2. The lowest BCUT2D eigenvalue weighted by atomic mass is 9.87. The minimum absolute atomic E-state index is 0.110. The van der Waals surface area contributed by atoms with E-state index in [1.165, 1.54) is 12.1 Å². The first kappa shape index (κ1) is 24.4. The third kappa shape index (κ3) is 4.02. The first-order chi connectivity index (χ1) is 16.0. The maximum atomic E-state index is 15.3. The summed E-state index contributed by atoms with van der Waals surface area (Å²) in [5.41, 5.74) is 2.38. The number of halogens is 3. The van der Waals surface area contributed by atoms with Crippen LogP contribution in [-0.2, 0) is 9.59 Å². The zero-order chi connectivity index (χ0) is 24.9. The minimum atomic E-state index is -0.724. The Balaban J connectivity index is 1.82. The highest BCUT2D eigenvalue weighted by Crippen LogP contribution is 2.40. The quantitative estimate of drug-likeness (QED) is 0.308. The first-order valence-electron chi connectivity index (χ1n) is 10.6. The summed E-state index contributed by atoms with van der Waals surface area (Å²) in [6.45, 7) is 8.80. The van der Waals surface area contributed by atoms with Crippen molar-refractivity contribution in [2.24, 2.45) is 0 Å². The predicted octanol–water partition coefficient (Wildman–Crippen LogP) is 5.99. The molecule has 5 nitrogen and oxygen atoms in total. The van der Waals surface area contributed by atoms with Crippen LogP contribution in [0.4, 0.5) is 15.8 Å². The van der Waals surface area contributed by atoms with Crippen LogP contribution in [-0.4, -0.2) is 29.0 Å². The molecule has 1 saturated heterocycles. The molecule has 2 aliphatic rings. The van der Waals surface area contributed by atoms with Crippen LogP contribution in [0.3, 0.4) is 0 Å². The molecular weight excluding hydrogens is 496 g/mol. The second-order valence-electron chi connectivity index (χ2n) is 8.65. The summed E-state index contributed by atoms with van der Waals surface area (Å²) in [5, 5.41) is 2.68. The van der Waals surface area contributed by atoms with Crippen LogP contribution in [0.5, 0.6) is 0 Å². The van der Waals surface area contributed by atoms with Crippen molar-refractivity contribution >= 4 is 75.4 Å². The Bertz CT molecular complexity index is 1320. The second-order valence-corrected chi connectivity index (χ2v) is 9.82. The lowest BCUT2D eigenvalue weighted by molar-refractivity contribution is -0.122. The van der Waals surface area contributed by atoms with Crippen molar-refractivity contribution < 1.29 is 14.0 Å². The number of carbonyl (C=O) groups is 2. The number of benzene rings is 2. The number of nitrogens with one attached hydrogen (secondary N) is 1. The third-order valence-electron chi connectivity index (χ3n) is 5.99. The normalized spacial score (nSPS) is 18.7. The fourth-order valence-electron chi connectivity index (χ4n) is 4.50. The van der Waals surface area contributed by atoms with Crippen LogP contribution in [0.1, 0.15) is 38.8 Å². The van der Waals surface area contributed by atoms with E-state index >= 15 is 4.39 Å². The van der Waals surface area contributed by atoms with Crippen LogP contribution >= 0.6 is 35.4 Å². The van der Waals surface area contributed by atoms with E-state index in [-0.39, 0.29) is 37.5 Å². The minimum Gasteiger partial charge on any atom is -0.363 e. The molecule has 2 aromatic rings. The van der Waals surface area contributed by atoms with Gasteiger partial charge in [0, 0.05) is 23.4 Å². The Kier molecular flexibility index (Phi) is 6.31. The molecular formula is C25H22Cl2FN3O2S. The molecule has 1 fully saturated rings. The van der Waals surface area contributed by atoms with Gasteiger partial charge in [0.15, 0.2) is 5.11 Å². The fraction of sp³-hybridized carbons (Fsp3) is 0.240. The molecule has 0 aromatic heterocycles. The number of rotatable bonds is 3. The van der Waals surface area contributed by atoms with Gasteiger partial charge < -0.3 is 4.90 Å². The zero-order valence-corrected chi connectivity index (χ0v) is 21.3. The fourth-order valence-corrected chi connectivity index (χ4v) is 5.15. The van der Waals surface area contributed by atoms with E-state index in [9.17, 15) is 9.59 Å². The Morgan fingerprint density at radius 3 is 2.56 bits per heavy atom. The van der Waals surface area contributed by atoms with Gasteiger partial charge in [-0.05, 0) is 75.8 Å². The molecule has 2 aromatic carbocycles. The molecule has 0 radical (unpaired) electrons. The Labute approximate surface area is 212 Å². The summed E-state index contributed by atoms with van der Waals surface area (Å²) in [6, 6.07) is 7.84. The van der Waals surface area contributed by atoms with Crippen LogP contribution in [0.2, 0.25) is 10.0 Å². The lowest BCUT2D eigenvalue weighted by Crippen LogP contribution is -2.54. The molecule has 4 rings (SSSR count). The van der Waals surface area contributed by atoms with Crippen LogP contribution in [0, 0.1) is 5.82 Å². The first-order valence-corrected chi connectivity index (χ1v) is 11.8. The standard InChI is InChI=1S/C25H22Cl2FN3O2S/c1-5-30-20-11-18(28)14(9-15(20)13(2)12-25(30,3)4)10-16-22(32)29-24(34)31(23(16)33)19-8-6-7-17(26)21(19)27/h6-12H,5H2,1-4H3,(H,29,32,34)/b16-10-. The van der Waals surface area contributed by atoms with E-state index in [0.717, 1.165) is 21.7 Å². The molecule has 0 aliphatic carbocycles. The van der Waals surface area contributed by atoms with E-state index in [4.69, 9.17) is 35.4 Å². The maximum Gasteiger partial charge on any atom is 0.270 e.